The van der Waals surface area contributed by atoms with Gasteiger partial charge in [0.2, 0.25) is 5.91 Å². The Hall–Kier alpha value is -1.73. The van der Waals surface area contributed by atoms with Crippen LogP contribution in [-0.4, -0.2) is 84.7 Å². The van der Waals surface area contributed by atoms with E-state index in [1.54, 1.807) is 0 Å². The smallest absolute Gasteiger partial charge is 0.226 e. The van der Waals surface area contributed by atoms with Gasteiger partial charge in [0.05, 0.1) is 13.2 Å². The van der Waals surface area contributed by atoms with Crippen molar-refractivity contribution < 1.29 is 9.53 Å². The van der Waals surface area contributed by atoms with Crippen molar-refractivity contribution in [1.29, 1.82) is 0 Å². The van der Waals surface area contributed by atoms with Crippen molar-refractivity contribution in [2.24, 2.45) is 11.8 Å². The fourth-order valence-corrected chi connectivity index (χ4v) is 5.60. The van der Waals surface area contributed by atoms with E-state index in [4.69, 9.17) is 14.7 Å². The summed E-state index contributed by atoms with van der Waals surface area (Å²) >= 11 is 0. The third-order valence-corrected chi connectivity index (χ3v) is 7.77. The molecule has 1 aromatic rings. The van der Waals surface area contributed by atoms with Gasteiger partial charge in [0, 0.05) is 68.9 Å². The maximum absolute atomic E-state index is 13.0. The fourth-order valence-electron chi connectivity index (χ4n) is 5.60. The number of morpholine rings is 1. The van der Waals surface area contributed by atoms with E-state index in [1.807, 2.05) is 0 Å². The number of aryl methyl sites for hydroxylation is 1. The molecule has 5 rings (SSSR count). The van der Waals surface area contributed by atoms with Crippen LogP contribution in [0.3, 0.4) is 0 Å². The zero-order valence-electron chi connectivity index (χ0n) is 19.9. The third-order valence-electron chi connectivity index (χ3n) is 7.77. The Kier molecular flexibility index (Phi) is 6.65. The number of hydrogen-bond donors (Lipinski definition) is 0. The van der Waals surface area contributed by atoms with Crippen LogP contribution in [0.1, 0.15) is 62.0 Å². The third kappa shape index (κ3) is 4.93. The second-order valence-electron chi connectivity index (χ2n) is 10.4. The molecule has 176 valence electrons. The van der Waals surface area contributed by atoms with Crippen molar-refractivity contribution >= 4 is 11.7 Å². The summed E-state index contributed by atoms with van der Waals surface area (Å²) in [5.41, 5.74) is 2.54. The topological polar surface area (TPSA) is 61.8 Å². The Bertz CT molecular complexity index is 813. The van der Waals surface area contributed by atoms with E-state index in [-0.39, 0.29) is 5.92 Å². The van der Waals surface area contributed by atoms with Gasteiger partial charge in [-0.25, -0.2) is 9.97 Å². The SMILES string of the molecule is Cc1nc(C2CCN(C(=O)[C@@H](C)CN3CCOCC3)CC2)nc2c1CCCN2CC1CC1. The summed E-state index contributed by atoms with van der Waals surface area (Å²) < 4.78 is 5.43. The maximum Gasteiger partial charge on any atom is 0.226 e. The molecule has 32 heavy (non-hydrogen) atoms. The maximum atomic E-state index is 13.0. The van der Waals surface area contributed by atoms with Crippen LogP contribution in [0, 0.1) is 18.8 Å². The summed E-state index contributed by atoms with van der Waals surface area (Å²) in [5, 5.41) is 0. The molecule has 7 nitrogen and oxygen atoms in total. The number of amides is 1. The van der Waals surface area contributed by atoms with Gasteiger partial charge in [0.1, 0.15) is 11.6 Å². The van der Waals surface area contributed by atoms with Crippen LogP contribution in [0.15, 0.2) is 0 Å². The molecule has 4 aliphatic rings. The molecule has 3 fully saturated rings. The van der Waals surface area contributed by atoms with E-state index < -0.39 is 0 Å². The minimum absolute atomic E-state index is 0.0443. The standard InChI is InChI=1S/C25H39N5O2/c1-18(16-28-12-14-32-15-13-28)25(31)29-10-7-21(8-11-29)23-26-19(2)22-4-3-9-30(24(22)27-23)17-20-5-6-20/h18,20-21H,3-17H2,1-2H3/t18-/m0/s1. The number of carbonyl (C=O) groups excluding carboxylic acids is 1. The molecule has 7 heteroatoms. The molecule has 0 N–H and O–H groups in total. The van der Waals surface area contributed by atoms with Crippen LogP contribution < -0.4 is 4.90 Å². The van der Waals surface area contributed by atoms with Gasteiger partial charge in [-0.15, -0.1) is 0 Å². The van der Waals surface area contributed by atoms with Gasteiger partial charge in [-0.2, -0.15) is 0 Å². The van der Waals surface area contributed by atoms with E-state index in [0.29, 0.717) is 11.8 Å². The Balaban J connectivity index is 1.20. The molecule has 1 amide bonds. The predicted molar refractivity (Wildman–Crippen MR) is 125 cm³/mol. The number of rotatable bonds is 6. The molecule has 3 aliphatic heterocycles. The van der Waals surface area contributed by atoms with Crippen molar-refractivity contribution in [3.8, 4) is 0 Å². The Morgan fingerprint density at radius 1 is 1.06 bits per heavy atom. The lowest BCUT2D eigenvalue weighted by Crippen LogP contribution is -2.46. The Morgan fingerprint density at radius 2 is 1.81 bits per heavy atom. The summed E-state index contributed by atoms with van der Waals surface area (Å²) in [4.78, 5) is 30.1. The van der Waals surface area contributed by atoms with E-state index >= 15 is 0 Å². The molecule has 0 unspecified atom stereocenters. The summed E-state index contributed by atoms with van der Waals surface area (Å²) in [6.07, 6.45) is 7.01. The largest absolute Gasteiger partial charge is 0.379 e. The van der Waals surface area contributed by atoms with Gasteiger partial charge in [-0.1, -0.05) is 6.92 Å². The highest BCUT2D eigenvalue weighted by molar-refractivity contribution is 5.78. The molecule has 1 atom stereocenters. The molecule has 1 aliphatic carbocycles. The normalized spacial score (nSPS) is 23.8. The number of anilines is 1. The average Bonchev–Trinajstić information content (AvgIpc) is 3.64. The Labute approximate surface area is 192 Å². The molecule has 0 radical (unpaired) electrons. The van der Waals surface area contributed by atoms with Crippen molar-refractivity contribution in [1.82, 2.24) is 19.8 Å². The monoisotopic (exact) mass is 441 g/mol. The Morgan fingerprint density at radius 3 is 2.53 bits per heavy atom. The molecule has 4 heterocycles. The highest BCUT2D eigenvalue weighted by Gasteiger charge is 2.32. The van der Waals surface area contributed by atoms with Gasteiger partial charge >= 0.3 is 0 Å². The second-order valence-corrected chi connectivity index (χ2v) is 10.4. The minimum Gasteiger partial charge on any atom is -0.379 e. The van der Waals surface area contributed by atoms with E-state index in [1.165, 1.54) is 36.3 Å². The molecule has 2 saturated heterocycles. The van der Waals surface area contributed by atoms with Crippen molar-refractivity contribution in [3.63, 3.8) is 0 Å². The number of piperidine rings is 1. The summed E-state index contributed by atoms with van der Waals surface area (Å²) in [6.45, 7) is 12.5. The molecule has 0 bridgehead atoms. The molecule has 1 saturated carbocycles. The lowest BCUT2D eigenvalue weighted by atomic mass is 9.94. The number of carbonyl (C=O) groups is 1. The first-order chi connectivity index (χ1) is 15.6. The first-order valence-electron chi connectivity index (χ1n) is 12.8. The second kappa shape index (κ2) is 9.64. The fraction of sp³-hybridized carbons (Fsp3) is 0.800. The minimum atomic E-state index is 0.0443. The molecule has 1 aromatic heterocycles. The first kappa shape index (κ1) is 22.1. The van der Waals surface area contributed by atoms with Gasteiger partial charge < -0.3 is 14.5 Å². The van der Waals surface area contributed by atoms with E-state index in [2.05, 4.69) is 28.5 Å². The quantitative estimate of drug-likeness (QED) is 0.676. The number of nitrogens with zero attached hydrogens (tertiary/aromatic N) is 5. The number of hydrogen-bond acceptors (Lipinski definition) is 6. The zero-order valence-corrected chi connectivity index (χ0v) is 19.9. The highest BCUT2D eigenvalue weighted by atomic mass is 16.5. The number of ether oxygens (including phenoxy) is 1. The molecular formula is C25H39N5O2. The lowest BCUT2D eigenvalue weighted by Gasteiger charge is -2.36. The van der Waals surface area contributed by atoms with Crippen LogP contribution in [0.4, 0.5) is 5.82 Å². The molecule has 0 spiro atoms. The van der Waals surface area contributed by atoms with Gasteiger partial charge in [-0.05, 0) is 51.4 Å². The van der Waals surface area contributed by atoms with Crippen LogP contribution in [0.25, 0.3) is 0 Å². The van der Waals surface area contributed by atoms with Gasteiger partial charge in [-0.3, -0.25) is 9.69 Å². The number of fused-ring (bicyclic) bond motifs is 1. The van der Waals surface area contributed by atoms with E-state index in [0.717, 1.165) is 90.0 Å². The van der Waals surface area contributed by atoms with Crippen molar-refractivity contribution in [3.05, 3.63) is 17.1 Å². The van der Waals surface area contributed by atoms with Crippen LogP contribution in [0.5, 0.6) is 0 Å². The zero-order chi connectivity index (χ0) is 22.1. The average molecular weight is 442 g/mol. The summed E-state index contributed by atoms with van der Waals surface area (Å²) in [5.74, 6) is 3.80. The van der Waals surface area contributed by atoms with Crippen molar-refractivity contribution in [2.75, 3.05) is 63.9 Å². The molecule has 0 aromatic carbocycles. The summed E-state index contributed by atoms with van der Waals surface area (Å²) in [6, 6.07) is 0. The number of likely N-dealkylation sites (tertiary alicyclic amines) is 1. The summed E-state index contributed by atoms with van der Waals surface area (Å²) in [7, 11) is 0. The van der Waals surface area contributed by atoms with Gasteiger partial charge in [0.15, 0.2) is 0 Å². The molecular weight excluding hydrogens is 402 g/mol. The van der Waals surface area contributed by atoms with Crippen molar-refractivity contribution in [2.45, 2.75) is 58.3 Å². The van der Waals surface area contributed by atoms with Crippen LogP contribution >= 0.6 is 0 Å². The van der Waals surface area contributed by atoms with E-state index in [9.17, 15) is 4.79 Å². The number of aromatic nitrogens is 2. The van der Waals surface area contributed by atoms with Crippen LogP contribution in [0.2, 0.25) is 0 Å². The van der Waals surface area contributed by atoms with Gasteiger partial charge in [0.25, 0.3) is 0 Å². The highest BCUT2D eigenvalue weighted by Crippen LogP contribution is 2.36. The lowest BCUT2D eigenvalue weighted by molar-refractivity contribution is -0.137. The predicted octanol–water partition coefficient (Wildman–Crippen LogP) is 2.62. The van der Waals surface area contributed by atoms with Crippen LogP contribution in [-0.2, 0) is 16.0 Å². The first-order valence-corrected chi connectivity index (χ1v) is 12.8.